The maximum absolute atomic E-state index is 13.5. The molecule has 3 rings (SSSR count). The summed E-state index contributed by atoms with van der Waals surface area (Å²) < 4.78 is 0.814. The van der Waals surface area contributed by atoms with E-state index in [1.54, 1.807) is 42.5 Å². The van der Waals surface area contributed by atoms with Gasteiger partial charge in [-0.05, 0) is 64.9 Å². The second-order valence-electron chi connectivity index (χ2n) is 6.84. The number of anilines is 1. The van der Waals surface area contributed by atoms with E-state index in [1.807, 2.05) is 6.92 Å². The number of halogens is 2. The predicted octanol–water partition coefficient (Wildman–Crippen LogP) is 4.72. The number of nitrogens with zero attached hydrogens (tertiary/aromatic N) is 1. The van der Waals surface area contributed by atoms with Crippen molar-refractivity contribution in [3.8, 4) is 0 Å². The Kier molecular flexibility index (Phi) is 6.79. The summed E-state index contributed by atoms with van der Waals surface area (Å²) in [6.45, 7) is 1.95. The van der Waals surface area contributed by atoms with Gasteiger partial charge in [-0.25, -0.2) is 4.79 Å². The lowest BCUT2D eigenvalue weighted by atomic mass is 9.99. The molecule has 8 heteroatoms. The quantitative estimate of drug-likeness (QED) is 0.533. The van der Waals surface area contributed by atoms with Crippen molar-refractivity contribution in [2.45, 2.75) is 38.3 Å². The monoisotopic (exact) mass is 526 g/mol. The first-order valence-corrected chi connectivity index (χ1v) is 10.7. The standard InChI is InChI=1S/C21H20ClIN2O4/c1-2-3-4-17(21(28)29)25-18(12-5-7-13(22)8-6-12)19(26)24-16-10-9-14(23)11-15(16)20(25)27/h5-11,17-18H,2-4H2,1H3,(H,24,26)(H,28,29). The highest BCUT2D eigenvalue weighted by Crippen LogP contribution is 2.34. The van der Waals surface area contributed by atoms with Crippen LogP contribution < -0.4 is 5.32 Å². The first kappa shape index (κ1) is 21.6. The molecule has 2 atom stereocenters. The number of benzene rings is 2. The second-order valence-corrected chi connectivity index (χ2v) is 8.52. The molecule has 0 aromatic heterocycles. The summed E-state index contributed by atoms with van der Waals surface area (Å²) in [6.07, 6.45) is 1.65. The Bertz CT molecular complexity index is 948. The lowest BCUT2D eigenvalue weighted by molar-refractivity contribution is -0.144. The van der Waals surface area contributed by atoms with Crippen LogP contribution >= 0.6 is 34.2 Å². The van der Waals surface area contributed by atoms with Crippen LogP contribution in [-0.4, -0.2) is 33.8 Å². The Balaban J connectivity index is 2.18. The summed E-state index contributed by atoms with van der Waals surface area (Å²) in [7, 11) is 0. The molecule has 2 N–H and O–H groups in total. The minimum Gasteiger partial charge on any atom is -0.480 e. The van der Waals surface area contributed by atoms with Gasteiger partial charge in [-0.15, -0.1) is 0 Å². The van der Waals surface area contributed by atoms with Gasteiger partial charge in [0.15, 0.2) is 0 Å². The first-order chi connectivity index (χ1) is 13.8. The summed E-state index contributed by atoms with van der Waals surface area (Å²) in [5, 5.41) is 13.2. The number of unbranched alkanes of at least 4 members (excludes halogenated alkanes) is 1. The highest BCUT2D eigenvalue weighted by molar-refractivity contribution is 14.1. The second kappa shape index (κ2) is 9.13. The van der Waals surface area contributed by atoms with E-state index in [4.69, 9.17) is 11.6 Å². The number of amides is 2. The van der Waals surface area contributed by atoms with Gasteiger partial charge >= 0.3 is 5.97 Å². The van der Waals surface area contributed by atoms with Gasteiger partial charge < -0.3 is 15.3 Å². The fraction of sp³-hybridized carbons (Fsp3) is 0.286. The summed E-state index contributed by atoms with van der Waals surface area (Å²) in [6, 6.07) is 9.43. The molecule has 6 nitrogen and oxygen atoms in total. The maximum Gasteiger partial charge on any atom is 0.326 e. The molecule has 2 amide bonds. The molecule has 29 heavy (non-hydrogen) atoms. The van der Waals surface area contributed by atoms with Crippen LogP contribution in [0, 0.1) is 3.57 Å². The van der Waals surface area contributed by atoms with Crippen molar-refractivity contribution in [1.29, 1.82) is 0 Å². The van der Waals surface area contributed by atoms with E-state index < -0.39 is 29.9 Å². The Morgan fingerprint density at radius 3 is 2.55 bits per heavy atom. The summed E-state index contributed by atoms with van der Waals surface area (Å²) in [5.74, 6) is -2.07. The molecule has 0 aliphatic carbocycles. The minimum atomic E-state index is -1.13. The highest BCUT2D eigenvalue weighted by atomic mass is 127. The Morgan fingerprint density at radius 2 is 1.93 bits per heavy atom. The number of fused-ring (bicyclic) bond motifs is 1. The summed E-state index contributed by atoms with van der Waals surface area (Å²) >= 11 is 8.06. The molecule has 2 aromatic carbocycles. The number of rotatable bonds is 6. The van der Waals surface area contributed by atoms with Gasteiger partial charge in [0.05, 0.1) is 11.3 Å². The van der Waals surface area contributed by atoms with E-state index in [9.17, 15) is 19.5 Å². The van der Waals surface area contributed by atoms with Crippen molar-refractivity contribution >= 4 is 57.7 Å². The molecule has 1 heterocycles. The van der Waals surface area contributed by atoms with Crippen molar-refractivity contribution in [2.24, 2.45) is 0 Å². The number of hydrogen-bond acceptors (Lipinski definition) is 3. The van der Waals surface area contributed by atoms with Crippen LogP contribution in [0.25, 0.3) is 0 Å². The van der Waals surface area contributed by atoms with Crippen LogP contribution in [0.2, 0.25) is 5.02 Å². The smallest absolute Gasteiger partial charge is 0.326 e. The van der Waals surface area contributed by atoms with Gasteiger partial charge in [0.1, 0.15) is 12.1 Å². The Labute approximate surface area is 187 Å². The van der Waals surface area contributed by atoms with E-state index in [0.717, 1.165) is 9.99 Å². The molecule has 0 saturated heterocycles. The minimum absolute atomic E-state index is 0.258. The van der Waals surface area contributed by atoms with Gasteiger partial charge in [0.2, 0.25) is 0 Å². The third-order valence-corrected chi connectivity index (χ3v) is 5.79. The number of carboxylic acid groups (broad SMARTS) is 1. The lowest BCUT2D eigenvalue weighted by Crippen LogP contribution is -2.49. The molecule has 0 bridgehead atoms. The van der Waals surface area contributed by atoms with Gasteiger partial charge in [0, 0.05) is 8.59 Å². The molecule has 2 unspecified atom stereocenters. The number of carbonyl (C=O) groups excluding carboxylic acids is 2. The topological polar surface area (TPSA) is 86.7 Å². The highest BCUT2D eigenvalue weighted by Gasteiger charge is 2.42. The van der Waals surface area contributed by atoms with Crippen molar-refractivity contribution in [3.05, 3.63) is 62.2 Å². The lowest BCUT2D eigenvalue weighted by Gasteiger charge is -2.34. The average molecular weight is 527 g/mol. The van der Waals surface area contributed by atoms with Crippen LogP contribution in [0.3, 0.4) is 0 Å². The largest absolute Gasteiger partial charge is 0.480 e. The van der Waals surface area contributed by atoms with E-state index in [-0.39, 0.29) is 12.0 Å². The summed E-state index contributed by atoms with van der Waals surface area (Å²) in [4.78, 5) is 40.0. The van der Waals surface area contributed by atoms with Crippen LogP contribution in [-0.2, 0) is 9.59 Å². The van der Waals surface area contributed by atoms with Crippen LogP contribution in [0.1, 0.15) is 48.1 Å². The number of carbonyl (C=O) groups is 3. The fourth-order valence-corrected chi connectivity index (χ4v) is 4.06. The molecule has 1 aliphatic rings. The predicted molar refractivity (Wildman–Crippen MR) is 119 cm³/mol. The van der Waals surface area contributed by atoms with Crippen LogP contribution in [0.15, 0.2) is 42.5 Å². The van der Waals surface area contributed by atoms with Gasteiger partial charge in [-0.1, -0.05) is 43.5 Å². The number of carboxylic acids is 1. The molecule has 152 valence electrons. The third-order valence-electron chi connectivity index (χ3n) is 4.87. The Hall–Kier alpha value is -2.13. The maximum atomic E-state index is 13.5. The number of hydrogen-bond donors (Lipinski definition) is 2. The molecular weight excluding hydrogens is 507 g/mol. The molecule has 0 spiro atoms. The van der Waals surface area contributed by atoms with Crippen LogP contribution in [0.5, 0.6) is 0 Å². The molecule has 2 aromatic rings. The van der Waals surface area contributed by atoms with E-state index in [2.05, 4.69) is 27.9 Å². The SMILES string of the molecule is CCCCC(C(=O)O)N1C(=O)c2cc(I)ccc2NC(=O)C1c1ccc(Cl)cc1. The summed E-state index contributed by atoms with van der Waals surface area (Å²) in [5.41, 5.74) is 1.16. The third kappa shape index (κ3) is 4.56. The van der Waals surface area contributed by atoms with E-state index in [0.29, 0.717) is 22.7 Å². The van der Waals surface area contributed by atoms with Gasteiger partial charge in [0.25, 0.3) is 11.8 Å². The zero-order chi connectivity index (χ0) is 21.1. The van der Waals surface area contributed by atoms with Crippen molar-refractivity contribution in [2.75, 3.05) is 5.32 Å². The van der Waals surface area contributed by atoms with Gasteiger partial charge in [-0.2, -0.15) is 0 Å². The van der Waals surface area contributed by atoms with E-state index in [1.165, 1.54) is 4.90 Å². The van der Waals surface area contributed by atoms with Crippen molar-refractivity contribution < 1.29 is 19.5 Å². The number of nitrogens with one attached hydrogen (secondary N) is 1. The van der Waals surface area contributed by atoms with Crippen molar-refractivity contribution in [1.82, 2.24) is 4.90 Å². The van der Waals surface area contributed by atoms with Crippen molar-refractivity contribution in [3.63, 3.8) is 0 Å². The zero-order valence-corrected chi connectivity index (χ0v) is 18.6. The molecular formula is C21H20ClIN2O4. The van der Waals surface area contributed by atoms with Crippen LogP contribution in [0.4, 0.5) is 5.69 Å². The van der Waals surface area contributed by atoms with E-state index >= 15 is 0 Å². The normalized spacial score (nSPS) is 17.3. The molecule has 1 aliphatic heterocycles. The first-order valence-electron chi connectivity index (χ1n) is 9.24. The molecule has 0 fully saturated rings. The average Bonchev–Trinajstić information content (AvgIpc) is 2.78. The molecule has 0 radical (unpaired) electrons. The zero-order valence-electron chi connectivity index (χ0n) is 15.7. The number of aliphatic carboxylic acids is 1. The molecule has 0 saturated carbocycles. The van der Waals surface area contributed by atoms with Gasteiger partial charge in [-0.3, -0.25) is 9.59 Å². The Morgan fingerprint density at radius 1 is 1.24 bits per heavy atom. The fourth-order valence-electron chi connectivity index (χ4n) is 3.44.